The largest absolute Gasteiger partial charge is 0.495 e. The SMILES string of the molecule is CCCNc1cc(-c2cncc(OC)c2)nc(CC)n1. The molecular weight excluding hydrogens is 252 g/mol. The number of hydrogen-bond donors (Lipinski definition) is 1. The highest BCUT2D eigenvalue weighted by molar-refractivity contribution is 5.63. The third kappa shape index (κ3) is 3.44. The van der Waals surface area contributed by atoms with Gasteiger partial charge in [0.15, 0.2) is 0 Å². The fourth-order valence-corrected chi connectivity index (χ4v) is 1.82. The van der Waals surface area contributed by atoms with E-state index >= 15 is 0 Å². The second-order valence-corrected chi connectivity index (χ2v) is 4.45. The maximum Gasteiger partial charge on any atom is 0.137 e. The Balaban J connectivity index is 2.38. The van der Waals surface area contributed by atoms with Crippen LogP contribution in [0.5, 0.6) is 5.75 Å². The van der Waals surface area contributed by atoms with E-state index in [1.165, 1.54) is 0 Å². The van der Waals surface area contributed by atoms with Crippen molar-refractivity contribution in [3.63, 3.8) is 0 Å². The van der Waals surface area contributed by atoms with Crippen molar-refractivity contribution in [1.29, 1.82) is 0 Å². The molecule has 0 aromatic carbocycles. The number of methoxy groups -OCH3 is 1. The number of nitrogens with one attached hydrogen (secondary N) is 1. The van der Waals surface area contributed by atoms with Crippen LogP contribution >= 0.6 is 0 Å². The van der Waals surface area contributed by atoms with Crippen LogP contribution in [-0.4, -0.2) is 28.6 Å². The number of aryl methyl sites for hydroxylation is 1. The van der Waals surface area contributed by atoms with Crippen molar-refractivity contribution in [2.75, 3.05) is 19.0 Å². The van der Waals surface area contributed by atoms with Gasteiger partial charge in [0.2, 0.25) is 0 Å². The lowest BCUT2D eigenvalue weighted by atomic mass is 10.2. The van der Waals surface area contributed by atoms with Gasteiger partial charge in [-0.15, -0.1) is 0 Å². The van der Waals surface area contributed by atoms with E-state index in [9.17, 15) is 0 Å². The van der Waals surface area contributed by atoms with Crippen molar-refractivity contribution in [3.8, 4) is 17.0 Å². The Labute approximate surface area is 119 Å². The van der Waals surface area contributed by atoms with Gasteiger partial charge in [-0.25, -0.2) is 9.97 Å². The van der Waals surface area contributed by atoms with E-state index in [0.717, 1.165) is 48.0 Å². The van der Waals surface area contributed by atoms with Crippen LogP contribution in [0.15, 0.2) is 24.5 Å². The molecule has 0 radical (unpaired) electrons. The van der Waals surface area contributed by atoms with E-state index < -0.39 is 0 Å². The molecule has 0 unspecified atom stereocenters. The summed E-state index contributed by atoms with van der Waals surface area (Å²) in [5, 5.41) is 3.31. The van der Waals surface area contributed by atoms with Crippen molar-refractivity contribution in [2.45, 2.75) is 26.7 Å². The first-order chi connectivity index (χ1) is 9.76. The highest BCUT2D eigenvalue weighted by Crippen LogP contribution is 2.23. The number of anilines is 1. The van der Waals surface area contributed by atoms with Gasteiger partial charge in [0.1, 0.15) is 17.4 Å². The molecule has 2 aromatic heterocycles. The van der Waals surface area contributed by atoms with Crippen LogP contribution in [0.25, 0.3) is 11.3 Å². The van der Waals surface area contributed by atoms with Crippen molar-refractivity contribution in [1.82, 2.24) is 15.0 Å². The Morgan fingerprint density at radius 3 is 2.70 bits per heavy atom. The van der Waals surface area contributed by atoms with Crippen LogP contribution in [0, 0.1) is 0 Å². The van der Waals surface area contributed by atoms with E-state index in [4.69, 9.17) is 4.74 Å². The van der Waals surface area contributed by atoms with Gasteiger partial charge in [0, 0.05) is 30.8 Å². The van der Waals surface area contributed by atoms with Gasteiger partial charge in [-0.3, -0.25) is 4.98 Å². The minimum Gasteiger partial charge on any atom is -0.495 e. The normalized spacial score (nSPS) is 10.3. The van der Waals surface area contributed by atoms with Crippen LogP contribution < -0.4 is 10.1 Å². The number of aromatic nitrogens is 3. The molecule has 0 aliphatic rings. The first-order valence-corrected chi connectivity index (χ1v) is 6.88. The Hall–Kier alpha value is -2.17. The monoisotopic (exact) mass is 272 g/mol. The summed E-state index contributed by atoms with van der Waals surface area (Å²) in [6.07, 6.45) is 5.32. The molecule has 2 rings (SSSR count). The summed E-state index contributed by atoms with van der Waals surface area (Å²) >= 11 is 0. The molecule has 0 spiro atoms. The zero-order valence-corrected chi connectivity index (χ0v) is 12.2. The molecule has 106 valence electrons. The van der Waals surface area contributed by atoms with Crippen LogP contribution in [0.3, 0.4) is 0 Å². The molecule has 0 atom stereocenters. The zero-order chi connectivity index (χ0) is 14.4. The highest BCUT2D eigenvalue weighted by atomic mass is 16.5. The summed E-state index contributed by atoms with van der Waals surface area (Å²) in [7, 11) is 1.63. The third-order valence-corrected chi connectivity index (χ3v) is 2.89. The first-order valence-electron chi connectivity index (χ1n) is 6.88. The summed E-state index contributed by atoms with van der Waals surface area (Å²) in [5.41, 5.74) is 1.79. The van der Waals surface area contributed by atoms with Crippen molar-refractivity contribution >= 4 is 5.82 Å². The Bertz CT molecular complexity index is 572. The molecule has 2 heterocycles. The summed E-state index contributed by atoms with van der Waals surface area (Å²) < 4.78 is 5.21. The smallest absolute Gasteiger partial charge is 0.137 e. The van der Waals surface area contributed by atoms with Crippen LogP contribution in [0.4, 0.5) is 5.82 Å². The number of rotatable bonds is 6. The molecule has 0 saturated heterocycles. The van der Waals surface area contributed by atoms with Gasteiger partial charge >= 0.3 is 0 Å². The fraction of sp³-hybridized carbons (Fsp3) is 0.400. The van der Waals surface area contributed by atoms with E-state index in [2.05, 4.69) is 27.2 Å². The molecule has 1 N–H and O–H groups in total. The molecule has 5 nitrogen and oxygen atoms in total. The molecule has 2 aromatic rings. The fourth-order valence-electron chi connectivity index (χ4n) is 1.82. The number of pyridine rings is 1. The van der Waals surface area contributed by atoms with E-state index in [-0.39, 0.29) is 0 Å². The zero-order valence-electron chi connectivity index (χ0n) is 12.2. The number of ether oxygens (including phenoxy) is 1. The lowest BCUT2D eigenvalue weighted by Gasteiger charge is -2.09. The van der Waals surface area contributed by atoms with Gasteiger partial charge < -0.3 is 10.1 Å². The quantitative estimate of drug-likeness (QED) is 0.876. The van der Waals surface area contributed by atoms with Crippen LogP contribution in [0.1, 0.15) is 26.1 Å². The molecule has 0 aliphatic carbocycles. The average Bonchev–Trinajstić information content (AvgIpc) is 2.52. The van der Waals surface area contributed by atoms with Crippen LogP contribution in [-0.2, 0) is 6.42 Å². The van der Waals surface area contributed by atoms with Crippen molar-refractivity contribution in [2.24, 2.45) is 0 Å². The van der Waals surface area contributed by atoms with Crippen molar-refractivity contribution in [3.05, 3.63) is 30.4 Å². The Morgan fingerprint density at radius 2 is 2.00 bits per heavy atom. The topological polar surface area (TPSA) is 59.9 Å². The first kappa shape index (κ1) is 14.2. The van der Waals surface area contributed by atoms with Crippen molar-refractivity contribution < 1.29 is 4.74 Å². The third-order valence-electron chi connectivity index (χ3n) is 2.89. The lowest BCUT2D eigenvalue weighted by Crippen LogP contribution is -2.05. The predicted molar refractivity (Wildman–Crippen MR) is 80.0 cm³/mol. The molecule has 0 aliphatic heterocycles. The highest BCUT2D eigenvalue weighted by Gasteiger charge is 2.07. The molecule has 0 amide bonds. The second kappa shape index (κ2) is 6.84. The minimum atomic E-state index is 0.724. The summed E-state index contributed by atoms with van der Waals surface area (Å²) in [5.74, 6) is 2.41. The van der Waals surface area contributed by atoms with E-state index in [1.807, 2.05) is 19.1 Å². The lowest BCUT2D eigenvalue weighted by molar-refractivity contribution is 0.413. The molecular formula is C15H20N4O. The van der Waals surface area contributed by atoms with Gasteiger partial charge in [-0.05, 0) is 12.5 Å². The summed E-state index contributed by atoms with van der Waals surface area (Å²) in [6.45, 7) is 5.07. The molecule has 20 heavy (non-hydrogen) atoms. The van der Waals surface area contributed by atoms with Gasteiger partial charge in [-0.2, -0.15) is 0 Å². The van der Waals surface area contributed by atoms with E-state index in [1.54, 1.807) is 19.5 Å². The van der Waals surface area contributed by atoms with Crippen LogP contribution in [0.2, 0.25) is 0 Å². The molecule has 0 fully saturated rings. The van der Waals surface area contributed by atoms with Gasteiger partial charge in [0.25, 0.3) is 0 Å². The minimum absolute atomic E-state index is 0.724. The Morgan fingerprint density at radius 1 is 1.15 bits per heavy atom. The summed E-state index contributed by atoms with van der Waals surface area (Å²) in [6, 6.07) is 3.88. The van der Waals surface area contributed by atoms with Gasteiger partial charge in [-0.1, -0.05) is 13.8 Å². The molecule has 0 bridgehead atoms. The number of nitrogens with zero attached hydrogens (tertiary/aromatic N) is 3. The maximum absolute atomic E-state index is 5.21. The van der Waals surface area contributed by atoms with Gasteiger partial charge in [0.05, 0.1) is 19.0 Å². The summed E-state index contributed by atoms with van der Waals surface area (Å²) in [4.78, 5) is 13.2. The maximum atomic E-state index is 5.21. The van der Waals surface area contributed by atoms with E-state index in [0.29, 0.717) is 0 Å². The second-order valence-electron chi connectivity index (χ2n) is 4.45. The molecule has 0 saturated carbocycles. The standard InChI is InChI=1S/C15H20N4O/c1-4-6-17-15-8-13(18-14(5-2)19-15)11-7-12(20-3)10-16-9-11/h7-10H,4-6H2,1-3H3,(H,17,18,19). The average molecular weight is 272 g/mol. The Kier molecular flexibility index (Phi) is 4.87. The number of hydrogen-bond acceptors (Lipinski definition) is 5. The predicted octanol–water partition coefficient (Wildman–Crippen LogP) is 2.93. The molecule has 5 heteroatoms.